The van der Waals surface area contributed by atoms with Crippen molar-refractivity contribution in [3.05, 3.63) is 0 Å². The summed E-state index contributed by atoms with van der Waals surface area (Å²) in [6, 6.07) is 0. The van der Waals surface area contributed by atoms with Gasteiger partial charge in [0, 0.05) is 19.4 Å². The highest BCUT2D eigenvalue weighted by atomic mass is 16.6. The van der Waals surface area contributed by atoms with Gasteiger partial charge in [-0.25, -0.2) is 0 Å². The van der Waals surface area contributed by atoms with Crippen LogP contribution in [0, 0.1) is 0 Å². The molecule has 0 fully saturated rings. The summed E-state index contributed by atoms with van der Waals surface area (Å²) in [5.74, 6) is -0.361. The summed E-state index contributed by atoms with van der Waals surface area (Å²) in [5.41, 5.74) is 0. The van der Waals surface area contributed by atoms with Gasteiger partial charge in [-0.15, -0.1) is 0 Å². The van der Waals surface area contributed by atoms with Gasteiger partial charge in [0.15, 0.2) is 6.10 Å². The normalized spacial score (nSPS) is 12.0. The second-order valence-corrected chi connectivity index (χ2v) is 21.7. The summed E-state index contributed by atoms with van der Waals surface area (Å²) in [6.45, 7) is 7.94. The number of carbonyl (C=O) groups excluding carboxylic acids is 2. The van der Waals surface area contributed by atoms with Crippen LogP contribution >= 0.6 is 0 Å². The molecule has 0 heterocycles. The maximum Gasteiger partial charge on any atom is 0.306 e. The molecule has 0 bridgehead atoms. The van der Waals surface area contributed by atoms with Crippen molar-refractivity contribution < 1.29 is 23.8 Å². The molecule has 0 N–H and O–H groups in total. The molecular formula is C63H124O5. The zero-order chi connectivity index (χ0) is 49.2. The third-order valence-corrected chi connectivity index (χ3v) is 14.6. The molecule has 5 heteroatoms. The number of esters is 2. The van der Waals surface area contributed by atoms with E-state index in [9.17, 15) is 9.59 Å². The molecule has 0 aliphatic heterocycles. The van der Waals surface area contributed by atoms with Crippen LogP contribution in [-0.4, -0.2) is 37.9 Å². The van der Waals surface area contributed by atoms with Crippen LogP contribution in [0.5, 0.6) is 0 Å². The fourth-order valence-electron chi connectivity index (χ4n) is 9.93. The van der Waals surface area contributed by atoms with Crippen LogP contribution in [0.4, 0.5) is 0 Å². The van der Waals surface area contributed by atoms with E-state index in [1.165, 1.54) is 302 Å². The van der Waals surface area contributed by atoms with Gasteiger partial charge >= 0.3 is 11.9 Å². The summed E-state index contributed by atoms with van der Waals surface area (Å²) in [7, 11) is 0. The third-order valence-electron chi connectivity index (χ3n) is 14.6. The number of ether oxygens (including phenoxy) is 3. The Kier molecular flexibility index (Phi) is 59.2. The highest BCUT2D eigenvalue weighted by Gasteiger charge is 2.18. The SMILES string of the molecule is CCCCCCCCCCCCCCCCCCCCOCC(COC(=O)CCCCCCCCCCCCCCCCCCC)OC(=O)CCCCCCCCCCCCCCCCCCC. The number of hydrogen-bond acceptors (Lipinski definition) is 5. The van der Waals surface area contributed by atoms with Crippen molar-refractivity contribution in [2.75, 3.05) is 19.8 Å². The Morgan fingerprint density at radius 3 is 0.750 bits per heavy atom. The largest absolute Gasteiger partial charge is 0.462 e. The maximum atomic E-state index is 12.9. The van der Waals surface area contributed by atoms with Crippen LogP contribution in [0.1, 0.15) is 367 Å². The molecule has 0 saturated heterocycles. The number of rotatable bonds is 60. The lowest BCUT2D eigenvalue weighted by molar-refractivity contribution is -0.163. The van der Waals surface area contributed by atoms with Crippen LogP contribution in [-0.2, 0) is 23.8 Å². The van der Waals surface area contributed by atoms with E-state index < -0.39 is 6.10 Å². The first-order chi connectivity index (χ1) is 33.6. The first kappa shape index (κ1) is 66.9. The van der Waals surface area contributed by atoms with Crippen molar-refractivity contribution in [1.29, 1.82) is 0 Å². The average molecular weight is 962 g/mol. The van der Waals surface area contributed by atoms with Crippen LogP contribution in [0.2, 0.25) is 0 Å². The second kappa shape index (κ2) is 60.2. The molecule has 0 rings (SSSR count). The van der Waals surface area contributed by atoms with E-state index in [0.29, 0.717) is 26.1 Å². The molecule has 0 saturated carbocycles. The molecule has 0 amide bonds. The van der Waals surface area contributed by atoms with Crippen molar-refractivity contribution in [2.45, 2.75) is 374 Å². The standard InChI is InChI=1S/C63H124O5/c1-4-7-10-13-16-19-22-25-28-31-34-37-40-43-46-49-52-55-58-66-59-61(68-63(65)57-54-51-48-45-42-39-36-33-30-27-24-21-18-15-12-9-6-3)60-67-62(64)56-53-50-47-44-41-38-35-32-29-26-23-20-17-14-11-8-5-2/h61H,4-60H2,1-3H3. The van der Waals surface area contributed by atoms with Gasteiger partial charge in [0.2, 0.25) is 0 Å². The first-order valence-electron chi connectivity index (χ1n) is 31.6. The molecule has 0 aromatic heterocycles. The Morgan fingerprint density at radius 2 is 0.485 bits per heavy atom. The molecular weight excluding hydrogens is 837 g/mol. The molecule has 406 valence electrons. The van der Waals surface area contributed by atoms with E-state index in [1.807, 2.05) is 0 Å². The number of unbranched alkanes of at least 4 members (excludes halogenated alkanes) is 49. The van der Waals surface area contributed by atoms with Gasteiger partial charge in [0.1, 0.15) is 6.61 Å². The minimum Gasteiger partial charge on any atom is -0.462 e. The quantitative estimate of drug-likeness (QED) is 0.0449. The van der Waals surface area contributed by atoms with Crippen molar-refractivity contribution in [3.8, 4) is 0 Å². The molecule has 0 spiro atoms. The molecule has 1 atom stereocenters. The highest BCUT2D eigenvalue weighted by molar-refractivity contribution is 5.70. The predicted molar refractivity (Wildman–Crippen MR) is 298 cm³/mol. The molecule has 0 radical (unpaired) electrons. The van der Waals surface area contributed by atoms with Crippen LogP contribution in [0.3, 0.4) is 0 Å². The Labute approximate surface area is 427 Å². The number of carbonyl (C=O) groups is 2. The number of hydrogen-bond donors (Lipinski definition) is 0. The van der Waals surface area contributed by atoms with Crippen LogP contribution in [0.15, 0.2) is 0 Å². The summed E-state index contributed by atoms with van der Waals surface area (Å²) in [5, 5.41) is 0. The Bertz CT molecular complexity index is 952. The second-order valence-electron chi connectivity index (χ2n) is 21.7. The lowest BCUT2D eigenvalue weighted by Gasteiger charge is -2.18. The molecule has 0 aromatic rings. The maximum absolute atomic E-state index is 12.9. The minimum absolute atomic E-state index is 0.0989. The van der Waals surface area contributed by atoms with Gasteiger partial charge < -0.3 is 14.2 Å². The van der Waals surface area contributed by atoms with Gasteiger partial charge in [0.25, 0.3) is 0 Å². The van der Waals surface area contributed by atoms with Crippen LogP contribution in [0.25, 0.3) is 0 Å². The van der Waals surface area contributed by atoms with E-state index in [4.69, 9.17) is 14.2 Å². The average Bonchev–Trinajstić information content (AvgIpc) is 3.34. The first-order valence-corrected chi connectivity index (χ1v) is 31.6. The predicted octanol–water partition coefficient (Wildman–Crippen LogP) is 21.6. The Hall–Kier alpha value is -1.10. The summed E-state index contributed by atoms with van der Waals surface area (Å²) in [4.78, 5) is 25.6. The molecule has 0 aliphatic rings. The van der Waals surface area contributed by atoms with Gasteiger partial charge in [-0.2, -0.15) is 0 Å². The van der Waals surface area contributed by atoms with Crippen LogP contribution < -0.4 is 0 Å². The molecule has 1 unspecified atom stereocenters. The Balaban J connectivity index is 4.18. The highest BCUT2D eigenvalue weighted by Crippen LogP contribution is 2.18. The van der Waals surface area contributed by atoms with Gasteiger partial charge in [-0.3, -0.25) is 9.59 Å². The van der Waals surface area contributed by atoms with Gasteiger partial charge in [0.05, 0.1) is 6.61 Å². The van der Waals surface area contributed by atoms with E-state index in [-0.39, 0.29) is 18.5 Å². The summed E-state index contributed by atoms with van der Waals surface area (Å²) < 4.78 is 17.6. The topological polar surface area (TPSA) is 61.8 Å². The van der Waals surface area contributed by atoms with E-state index >= 15 is 0 Å². The zero-order valence-electron chi connectivity index (χ0n) is 46.9. The molecule has 0 aliphatic carbocycles. The molecule has 68 heavy (non-hydrogen) atoms. The fraction of sp³-hybridized carbons (Fsp3) is 0.968. The van der Waals surface area contributed by atoms with Crippen molar-refractivity contribution in [1.82, 2.24) is 0 Å². The monoisotopic (exact) mass is 961 g/mol. The van der Waals surface area contributed by atoms with Gasteiger partial charge in [-0.1, -0.05) is 335 Å². The zero-order valence-corrected chi connectivity index (χ0v) is 46.9. The lowest BCUT2D eigenvalue weighted by Crippen LogP contribution is -2.30. The van der Waals surface area contributed by atoms with Crippen molar-refractivity contribution in [2.24, 2.45) is 0 Å². The fourth-order valence-corrected chi connectivity index (χ4v) is 9.93. The van der Waals surface area contributed by atoms with E-state index in [2.05, 4.69) is 20.8 Å². The minimum atomic E-state index is -0.525. The van der Waals surface area contributed by atoms with E-state index in [1.54, 1.807) is 0 Å². The van der Waals surface area contributed by atoms with Crippen molar-refractivity contribution in [3.63, 3.8) is 0 Å². The summed E-state index contributed by atoms with van der Waals surface area (Å²) >= 11 is 0. The molecule has 5 nitrogen and oxygen atoms in total. The van der Waals surface area contributed by atoms with E-state index in [0.717, 1.165) is 32.1 Å². The van der Waals surface area contributed by atoms with Gasteiger partial charge in [-0.05, 0) is 19.3 Å². The smallest absolute Gasteiger partial charge is 0.306 e. The van der Waals surface area contributed by atoms with Crippen molar-refractivity contribution >= 4 is 11.9 Å². The third kappa shape index (κ3) is 57.5. The summed E-state index contributed by atoms with van der Waals surface area (Å²) in [6.07, 6.45) is 69.9. The lowest BCUT2D eigenvalue weighted by atomic mass is 10.0. The Morgan fingerprint density at radius 1 is 0.265 bits per heavy atom. The molecule has 0 aromatic carbocycles.